The lowest BCUT2D eigenvalue weighted by Crippen LogP contribution is -2.31. The van der Waals surface area contributed by atoms with Crippen molar-refractivity contribution in [3.63, 3.8) is 0 Å². The second-order valence-electron chi connectivity index (χ2n) is 10.5. The molecule has 1 fully saturated rings. The summed E-state index contributed by atoms with van der Waals surface area (Å²) in [5, 5.41) is 7.99. The van der Waals surface area contributed by atoms with Gasteiger partial charge in [-0.3, -0.25) is 0 Å². The van der Waals surface area contributed by atoms with E-state index >= 15 is 0 Å². The topological polar surface area (TPSA) is 91.9 Å². The van der Waals surface area contributed by atoms with E-state index in [1.54, 1.807) is 13.3 Å². The number of rotatable bonds is 1. The number of nitrogens with one attached hydrogen (secondary N) is 3. The third-order valence-corrected chi connectivity index (χ3v) is 8.98. The maximum atomic E-state index is 14.1. The van der Waals surface area contributed by atoms with Crippen molar-refractivity contribution in [3.05, 3.63) is 35.7 Å². The maximum Gasteiger partial charge on any atom is 0.419 e. The molecule has 0 spiro atoms. The Hall–Kier alpha value is -2.42. The average Bonchev–Trinajstić information content (AvgIpc) is 3.45. The Kier molecular flexibility index (Phi) is 7.11. The standard InChI is InChI=1S/C26H33F3N5O2P/c1-15-8-10-36-11-9-30-16-4-5-17(12-16)33-25-32-14-21(26(27,28)29)22(34-25)20-13-31-23-19(20)7-6-18(15)24(23)37(2,3)35/h6-7,13-17,30-31H,4-5,8-12H2,1-3H3,(H,32,33,34)/t15?,16-,17-/m0/s1. The van der Waals surface area contributed by atoms with Crippen LogP contribution in [0.1, 0.15) is 49.7 Å². The summed E-state index contributed by atoms with van der Waals surface area (Å²) in [6, 6.07) is 4.07. The van der Waals surface area contributed by atoms with Crippen molar-refractivity contribution in [3.8, 4) is 11.3 Å². The van der Waals surface area contributed by atoms with Gasteiger partial charge in [-0.2, -0.15) is 13.2 Å². The average molecular weight is 536 g/mol. The molecule has 0 amide bonds. The summed E-state index contributed by atoms with van der Waals surface area (Å²) in [5.41, 5.74) is 0.740. The van der Waals surface area contributed by atoms with E-state index in [9.17, 15) is 17.7 Å². The van der Waals surface area contributed by atoms with Crippen LogP contribution in [-0.2, 0) is 15.5 Å². The van der Waals surface area contributed by atoms with Gasteiger partial charge in [-0.25, -0.2) is 9.97 Å². The number of anilines is 1. The van der Waals surface area contributed by atoms with Crippen LogP contribution in [-0.4, -0.2) is 60.1 Å². The van der Waals surface area contributed by atoms with Crippen LogP contribution in [0.25, 0.3) is 22.2 Å². The minimum absolute atomic E-state index is 0.0607. The molecule has 200 valence electrons. The van der Waals surface area contributed by atoms with E-state index in [2.05, 4.69) is 32.5 Å². The van der Waals surface area contributed by atoms with Gasteiger partial charge in [-0.1, -0.05) is 19.1 Å². The first-order valence-electron chi connectivity index (χ1n) is 12.7. The predicted molar refractivity (Wildman–Crippen MR) is 140 cm³/mol. The zero-order chi connectivity index (χ0) is 26.4. The molecule has 1 unspecified atom stereocenters. The first kappa shape index (κ1) is 26.2. The number of fused-ring (bicyclic) bond motifs is 7. The minimum Gasteiger partial charge on any atom is -0.380 e. The summed E-state index contributed by atoms with van der Waals surface area (Å²) in [5.74, 6) is 0.233. The second-order valence-corrected chi connectivity index (χ2v) is 13.7. The maximum absolute atomic E-state index is 14.1. The molecule has 1 aromatic carbocycles. The Morgan fingerprint density at radius 1 is 1.11 bits per heavy atom. The Labute approximate surface area is 214 Å². The van der Waals surface area contributed by atoms with Crippen molar-refractivity contribution in [2.24, 2.45) is 0 Å². The number of hydrogen-bond donors (Lipinski definition) is 3. The summed E-state index contributed by atoms with van der Waals surface area (Å²) < 4.78 is 61.6. The first-order chi connectivity index (χ1) is 17.5. The van der Waals surface area contributed by atoms with Gasteiger partial charge in [0.15, 0.2) is 0 Å². The summed E-state index contributed by atoms with van der Waals surface area (Å²) in [7, 11) is -2.80. The molecule has 1 aliphatic carbocycles. The smallest absolute Gasteiger partial charge is 0.380 e. The fourth-order valence-corrected chi connectivity index (χ4v) is 7.21. The number of alkyl halides is 3. The highest BCUT2D eigenvalue weighted by atomic mass is 31.2. The zero-order valence-corrected chi connectivity index (χ0v) is 22.2. The van der Waals surface area contributed by atoms with Gasteiger partial charge in [0.25, 0.3) is 0 Å². The van der Waals surface area contributed by atoms with Gasteiger partial charge in [0.1, 0.15) is 12.7 Å². The monoisotopic (exact) mass is 535 g/mol. The number of ether oxygens (including phenoxy) is 1. The molecule has 8 bridgehead atoms. The normalized spacial score (nSPS) is 23.6. The number of halogens is 3. The molecule has 3 aliphatic rings. The van der Waals surface area contributed by atoms with E-state index < -0.39 is 18.9 Å². The van der Waals surface area contributed by atoms with Gasteiger partial charge in [0.05, 0.1) is 17.8 Å². The molecule has 0 radical (unpaired) electrons. The minimum atomic E-state index is -4.63. The van der Waals surface area contributed by atoms with Crippen LogP contribution in [0.4, 0.5) is 19.1 Å². The molecule has 1 saturated carbocycles. The van der Waals surface area contributed by atoms with Gasteiger partial charge in [0.2, 0.25) is 5.95 Å². The van der Waals surface area contributed by atoms with Crippen molar-refractivity contribution < 1.29 is 22.5 Å². The molecule has 6 rings (SSSR count). The van der Waals surface area contributed by atoms with Gasteiger partial charge < -0.3 is 24.9 Å². The van der Waals surface area contributed by atoms with Crippen molar-refractivity contribution in [2.45, 2.75) is 56.8 Å². The molecular formula is C26H33F3N5O2P. The van der Waals surface area contributed by atoms with Crippen LogP contribution in [0.2, 0.25) is 0 Å². The van der Waals surface area contributed by atoms with E-state index in [-0.39, 0.29) is 23.6 Å². The molecule has 3 atom stereocenters. The predicted octanol–water partition coefficient (Wildman–Crippen LogP) is 5.34. The number of nitrogens with zero attached hydrogens (tertiary/aromatic N) is 2. The van der Waals surface area contributed by atoms with Crippen LogP contribution in [0, 0.1) is 0 Å². The summed E-state index contributed by atoms with van der Waals surface area (Å²) >= 11 is 0. The van der Waals surface area contributed by atoms with E-state index in [0.717, 1.165) is 44.0 Å². The van der Waals surface area contributed by atoms with Crippen molar-refractivity contribution in [1.29, 1.82) is 0 Å². The zero-order valence-electron chi connectivity index (χ0n) is 21.3. The van der Waals surface area contributed by atoms with Crippen molar-refractivity contribution >= 4 is 29.3 Å². The lowest BCUT2D eigenvalue weighted by molar-refractivity contribution is -0.137. The van der Waals surface area contributed by atoms with E-state index in [1.807, 2.05) is 12.1 Å². The lowest BCUT2D eigenvalue weighted by Gasteiger charge is -2.20. The van der Waals surface area contributed by atoms with Crippen LogP contribution in [0.15, 0.2) is 24.5 Å². The largest absolute Gasteiger partial charge is 0.419 e. The first-order valence-corrected chi connectivity index (χ1v) is 15.3. The van der Waals surface area contributed by atoms with Gasteiger partial charge in [-0.15, -0.1) is 0 Å². The highest BCUT2D eigenvalue weighted by molar-refractivity contribution is 7.70. The molecule has 2 aliphatic heterocycles. The number of H-pyrrole nitrogens is 1. The third kappa shape index (κ3) is 5.42. The fraction of sp³-hybridized carbons (Fsp3) is 0.538. The molecule has 2 aromatic heterocycles. The summed E-state index contributed by atoms with van der Waals surface area (Å²) in [6.07, 6.45) is 1.18. The van der Waals surface area contributed by atoms with Crippen LogP contribution in [0.3, 0.4) is 0 Å². The van der Waals surface area contributed by atoms with E-state index in [4.69, 9.17) is 4.74 Å². The summed E-state index contributed by atoms with van der Waals surface area (Å²) in [4.78, 5) is 11.6. The third-order valence-electron chi connectivity index (χ3n) is 7.42. The molecule has 3 aromatic rings. The number of hydrogen-bond acceptors (Lipinski definition) is 6. The molecule has 37 heavy (non-hydrogen) atoms. The van der Waals surface area contributed by atoms with E-state index in [0.29, 0.717) is 41.0 Å². The molecule has 3 N–H and O–H groups in total. The molecular weight excluding hydrogens is 502 g/mol. The Balaban J connectivity index is 1.68. The van der Waals surface area contributed by atoms with Crippen molar-refractivity contribution in [1.82, 2.24) is 20.3 Å². The molecule has 11 heteroatoms. The Bertz CT molecular complexity index is 1340. The van der Waals surface area contributed by atoms with Crippen LogP contribution < -0.4 is 15.9 Å². The highest BCUT2D eigenvalue weighted by Crippen LogP contribution is 2.44. The Morgan fingerprint density at radius 2 is 1.89 bits per heavy atom. The lowest BCUT2D eigenvalue weighted by atomic mass is 9.96. The molecule has 0 saturated heterocycles. The number of benzene rings is 1. The van der Waals surface area contributed by atoms with Gasteiger partial charge in [-0.05, 0) is 50.5 Å². The Morgan fingerprint density at radius 3 is 2.65 bits per heavy atom. The molecule has 7 nitrogen and oxygen atoms in total. The fourth-order valence-electron chi connectivity index (χ4n) is 5.57. The second kappa shape index (κ2) is 10.0. The number of aromatic amines is 1. The van der Waals surface area contributed by atoms with Crippen molar-refractivity contribution in [2.75, 3.05) is 38.4 Å². The SMILES string of the molecule is CC1CCOCCN[C@H]2CC[C@@H](C2)Nc2ncc(C(F)(F)F)c(n2)-c2c[nH]c3c(P(C)(C)=O)c1ccc23. The number of aromatic nitrogens is 3. The van der Waals surface area contributed by atoms with E-state index in [1.165, 1.54) is 6.20 Å². The summed E-state index contributed by atoms with van der Waals surface area (Å²) in [6.45, 7) is 7.35. The quantitative estimate of drug-likeness (QED) is 0.365. The molecule has 4 heterocycles. The van der Waals surface area contributed by atoms with Gasteiger partial charge in [0, 0.05) is 53.9 Å². The highest BCUT2D eigenvalue weighted by Gasteiger charge is 2.37. The van der Waals surface area contributed by atoms with Crippen LogP contribution in [0.5, 0.6) is 0 Å². The van der Waals surface area contributed by atoms with Gasteiger partial charge >= 0.3 is 6.18 Å². The van der Waals surface area contributed by atoms with Crippen LogP contribution >= 0.6 is 7.14 Å².